The summed E-state index contributed by atoms with van der Waals surface area (Å²) in [5.74, 6) is 0.141. The minimum Gasteiger partial charge on any atom is -0.759 e. The van der Waals surface area contributed by atoms with Gasteiger partial charge in [0, 0.05) is 27.6 Å². The zero-order valence-electron chi connectivity index (χ0n) is 7.81. The van der Waals surface area contributed by atoms with Crippen molar-refractivity contribution in [3.05, 3.63) is 23.2 Å². The van der Waals surface area contributed by atoms with Crippen molar-refractivity contribution in [2.24, 2.45) is 0 Å². The van der Waals surface area contributed by atoms with Gasteiger partial charge >= 0.3 is 1.43 Å². The van der Waals surface area contributed by atoms with Crippen molar-refractivity contribution in [2.45, 2.75) is 0 Å². The van der Waals surface area contributed by atoms with Gasteiger partial charge in [-0.2, -0.15) is 0 Å². The third-order valence-corrected chi connectivity index (χ3v) is 1.28. The Morgan fingerprint density at radius 3 is 2.14 bits per heavy atom. The fraction of sp³-hybridized carbons (Fsp3) is 0. The van der Waals surface area contributed by atoms with Crippen LogP contribution in [0, 0.1) is 0 Å². The van der Waals surface area contributed by atoms with E-state index < -0.39 is 10.4 Å². The van der Waals surface area contributed by atoms with Crippen LogP contribution in [-0.4, -0.2) is 22.6 Å². The molecule has 1 rings (SSSR count). The van der Waals surface area contributed by atoms with Crippen LogP contribution in [0.25, 0.3) is 0 Å². The molecule has 0 aliphatic heterocycles. The molecule has 6 nitrogen and oxygen atoms in total. The first kappa shape index (κ1) is 13.1. The van der Waals surface area contributed by atoms with Crippen molar-refractivity contribution in [3.8, 4) is 5.75 Å². The predicted molar refractivity (Wildman–Crippen MR) is 47.3 cm³/mol. The minimum absolute atomic E-state index is 0. The molecule has 0 aromatic heterocycles. The van der Waals surface area contributed by atoms with Crippen LogP contribution in [0.3, 0.4) is 0 Å². The molecule has 0 bridgehead atoms. The third-order valence-electron chi connectivity index (χ3n) is 1.05. The van der Waals surface area contributed by atoms with E-state index in [1.165, 1.54) is 6.07 Å². The summed E-state index contributed by atoms with van der Waals surface area (Å²) in [7, 11) is -5.17. The van der Waals surface area contributed by atoms with Gasteiger partial charge in [-0.3, -0.25) is 8.42 Å². The number of quaternary nitrogens is 1. The fourth-order valence-electron chi connectivity index (χ4n) is 0.537. The summed E-state index contributed by atoms with van der Waals surface area (Å²) >= 11 is 5.53. The lowest BCUT2D eigenvalue weighted by atomic mass is 10.3. The molecule has 0 heterocycles. The van der Waals surface area contributed by atoms with Crippen LogP contribution in [0.1, 0.15) is 1.43 Å². The Labute approximate surface area is 87.0 Å². The summed E-state index contributed by atoms with van der Waals surface area (Å²) in [6.45, 7) is 0. The fourth-order valence-corrected chi connectivity index (χ4v) is 0.703. The predicted octanol–water partition coefficient (Wildman–Crippen LogP) is -0.306. The van der Waals surface area contributed by atoms with Crippen molar-refractivity contribution in [1.29, 1.82) is 0 Å². The number of halogens is 1. The SMILES string of the molecule is O=S(=O)([O-])[O-].[H+].[NH3+]c1ccc(Cl)cc1O. The summed E-state index contributed by atoms with van der Waals surface area (Å²) in [6, 6.07) is 4.81. The van der Waals surface area contributed by atoms with Gasteiger partial charge in [0.15, 0.2) is 11.4 Å². The van der Waals surface area contributed by atoms with Crippen LogP contribution in [0.2, 0.25) is 5.02 Å². The van der Waals surface area contributed by atoms with Gasteiger partial charge in [-0.25, -0.2) is 0 Å². The van der Waals surface area contributed by atoms with Crippen molar-refractivity contribution < 1.29 is 29.8 Å². The first-order valence-electron chi connectivity index (χ1n) is 3.17. The van der Waals surface area contributed by atoms with E-state index in [1.54, 1.807) is 12.1 Å². The minimum atomic E-state index is -5.17. The third kappa shape index (κ3) is 7.77. The molecule has 1 aromatic rings. The highest BCUT2D eigenvalue weighted by Gasteiger charge is 1.97. The molecule has 0 spiro atoms. The lowest BCUT2D eigenvalue weighted by Gasteiger charge is -2.06. The molecule has 80 valence electrons. The van der Waals surface area contributed by atoms with Crippen LogP contribution in [0.4, 0.5) is 5.69 Å². The highest BCUT2D eigenvalue weighted by atomic mass is 35.5. The zero-order chi connectivity index (χ0) is 11.4. The molecular weight excluding hydrogens is 234 g/mol. The summed E-state index contributed by atoms with van der Waals surface area (Å²) < 4.78 is 34.1. The smallest absolute Gasteiger partial charge is 0.759 e. The maximum Gasteiger partial charge on any atom is 1.00 e. The van der Waals surface area contributed by atoms with Gasteiger partial charge in [-0.15, -0.1) is 0 Å². The molecule has 0 aliphatic carbocycles. The van der Waals surface area contributed by atoms with E-state index in [2.05, 4.69) is 5.73 Å². The van der Waals surface area contributed by atoms with Gasteiger partial charge in [-0.1, -0.05) is 11.6 Å². The maximum absolute atomic E-state index is 8.95. The Morgan fingerprint density at radius 2 is 1.86 bits per heavy atom. The van der Waals surface area contributed by atoms with Crippen LogP contribution >= 0.6 is 11.6 Å². The summed E-state index contributed by atoms with van der Waals surface area (Å²) in [5, 5.41) is 9.48. The van der Waals surface area contributed by atoms with E-state index in [9.17, 15) is 0 Å². The normalized spacial score (nSPS) is 10.3. The van der Waals surface area contributed by atoms with Gasteiger partial charge in [0.25, 0.3) is 0 Å². The number of aromatic hydroxyl groups is 1. The second-order valence-corrected chi connectivity index (χ2v) is 3.43. The molecule has 0 saturated carbocycles. The van der Waals surface area contributed by atoms with Gasteiger partial charge in [0.1, 0.15) is 0 Å². The van der Waals surface area contributed by atoms with Gasteiger partial charge in [-0.05, 0) is 6.07 Å². The zero-order valence-corrected chi connectivity index (χ0v) is 8.38. The first-order chi connectivity index (χ1) is 6.20. The largest absolute Gasteiger partial charge is 1.00 e. The molecule has 0 aliphatic rings. The van der Waals surface area contributed by atoms with Crippen LogP contribution in [0.15, 0.2) is 18.2 Å². The van der Waals surface area contributed by atoms with Crippen molar-refractivity contribution in [2.75, 3.05) is 0 Å². The Hall–Kier alpha value is -0.860. The standard InChI is InChI=1S/C6H6ClNO.H2O4S/c7-4-1-2-5(8)6(9)3-4;1-5(2,3)4/h1-3,9H,8H2;(H2,1,2,3,4). The van der Waals surface area contributed by atoms with Crippen LogP contribution in [0.5, 0.6) is 5.75 Å². The van der Waals surface area contributed by atoms with E-state index >= 15 is 0 Å². The number of benzene rings is 1. The molecule has 0 saturated heterocycles. The Bertz CT molecular complexity index is 402. The average molecular weight is 242 g/mol. The molecule has 8 heteroatoms. The van der Waals surface area contributed by atoms with Crippen molar-refractivity contribution in [3.63, 3.8) is 0 Å². The quantitative estimate of drug-likeness (QED) is 0.476. The number of hydrogen-bond acceptors (Lipinski definition) is 5. The number of rotatable bonds is 0. The second-order valence-electron chi connectivity index (χ2n) is 2.18. The molecule has 0 atom stereocenters. The van der Waals surface area contributed by atoms with Crippen LogP contribution in [-0.2, 0) is 10.4 Å². The molecule has 0 radical (unpaired) electrons. The highest BCUT2D eigenvalue weighted by Crippen LogP contribution is 2.21. The van der Waals surface area contributed by atoms with Crippen LogP contribution < -0.4 is 5.73 Å². The Balaban J connectivity index is 0. The second kappa shape index (κ2) is 5.13. The number of hydrogen-bond donors (Lipinski definition) is 2. The van der Waals surface area contributed by atoms with E-state index in [0.717, 1.165) is 0 Å². The van der Waals surface area contributed by atoms with E-state index in [0.29, 0.717) is 10.7 Å². The van der Waals surface area contributed by atoms with Gasteiger partial charge in [0.05, 0.1) is 0 Å². The van der Waals surface area contributed by atoms with E-state index in [1.807, 2.05) is 0 Å². The Kier molecular flexibility index (Phi) is 4.81. The lowest BCUT2D eigenvalue weighted by molar-refractivity contribution is -0.256. The average Bonchev–Trinajstić information content (AvgIpc) is 1.94. The molecule has 1 aromatic carbocycles. The number of phenols is 1. The van der Waals surface area contributed by atoms with E-state index in [-0.39, 0.29) is 7.18 Å². The van der Waals surface area contributed by atoms with Crippen molar-refractivity contribution >= 4 is 27.7 Å². The van der Waals surface area contributed by atoms with E-state index in [4.69, 9.17) is 34.2 Å². The van der Waals surface area contributed by atoms with Gasteiger partial charge < -0.3 is 19.9 Å². The number of phenolic OH excluding ortho intramolecular Hbond substituents is 1. The summed E-state index contributed by atoms with van der Waals surface area (Å²) in [5.41, 5.74) is 4.15. The monoisotopic (exact) mass is 241 g/mol. The molecule has 14 heavy (non-hydrogen) atoms. The van der Waals surface area contributed by atoms with Crippen molar-refractivity contribution in [1.82, 2.24) is 0 Å². The molecule has 4 N–H and O–H groups in total. The maximum atomic E-state index is 8.95. The topological polar surface area (TPSA) is 128 Å². The summed E-state index contributed by atoms with van der Waals surface area (Å²) in [4.78, 5) is 0. The molecule has 0 fully saturated rings. The molecule has 0 unspecified atom stereocenters. The lowest BCUT2D eigenvalue weighted by Crippen LogP contribution is -2.40. The highest BCUT2D eigenvalue weighted by molar-refractivity contribution is 7.79. The molecular formula is C6H8ClNO5S. The first-order valence-corrected chi connectivity index (χ1v) is 4.88. The molecule has 0 amide bonds. The van der Waals surface area contributed by atoms with Gasteiger partial charge in [0.2, 0.25) is 0 Å². The Morgan fingerprint density at radius 1 is 1.43 bits per heavy atom. The summed E-state index contributed by atoms with van der Waals surface area (Å²) in [6.07, 6.45) is 0.